The summed E-state index contributed by atoms with van der Waals surface area (Å²) in [5.74, 6) is -0.0684. The third kappa shape index (κ3) is 4.42. The highest BCUT2D eigenvalue weighted by Crippen LogP contribution is 2.29. The van der Waals surface area contributed by atoms with Crippen LogP contribution in [-0.4, -0.2) is 29.1 Å². The molecule has 2 aromatic rings. The van der Waals surface area contributed by atoms with E-state index in [1.54, 1.807) is 11.3 Å². The van der Waals surface area contributed by atoms with E-state index in [-0.39, 0.29) is 17.9 Å². The number of aliphatic hydroxyl groups is 1. The molecule has 2 N–H and O–H groups in total. The van der Waals surface area contributed by atoms with E-state index in [1.165, 1.54) is 0 Å². The quantitative estimate of drug-likeness (QED) is 0.758. The first kappa shape index (κ1) is 18.6. The molecule has 24 heavy (non-hydrogen) atoms. The highest BCUT2D eigenvalue weighted by atomic mass is 32.1. The van der Waals surface area contributed by atoms with E-state index in [0.717, 1.165) is 29.1 Å². The SMILES string of the molecule is CCC(CC)(CCO)CNC(=O)c1ccc(-c2nc(C)cs2)cc1. The molecule has 0 unspecified atom stereocenters. The highest BCUT2D eigenvalue weighted by Gasteiger charge is 2.26. The van der Waals surface area contributed by atoms with Gasteiger partial charge in [0.2, 0.25) is 0 Å². The molecule has 1 heterocycles. The second-order valence-corrected chi connectivity index (χ2v) is 7.09. The van der Waals surface area contributed by atoms with Crippen molar-refractivity contribution in [2.24, 2.45) is 5.41 Å². The Kier molecular flexibility index (Phi) is 6.52. The van der Waals surface area contributed by atoms with Crippen molar-refractivity contribution in [3.05, 3.63) is 40.9 Å². The number of aliphatic hydroxyl groups excluding tert-OH is 1. The second-order valence-electron chi connectivity index (χ2n) is 6.23. The predicted octanol–water partition coefficient (Wildman–Crippen LogP) is 4.04. The molecule has 0 aliphatic heterocycles. The van der Waals surface area contributed by atoms with Crippen LogP contribution in [0.4, 0.5) is 0 Å². The third-order valence-corrected chi connectivity index (χ3v) is 5.79. The molecule has 0 radical (unpaired) electrons. The van der Waals surface area contributed by atoms with Crippen LogP contribution in [0, 0.1) is 12.3 Å². The molecule has 2 rings (SSSR count). The fourth-order valence-electron chi connectivity index (χ4n) is 2.80. The Morgan fingerprint density at radius 3 is 2.42 bits per heavy atom. The Labute approximate surface area is 148 Å². The van der Waals surface area contributed by atoms with Crippen LogP contribution in [0.25, 0.3) is 10.6 Å². The van der Waals surface area contributed by atoms with E-state index in [0.29, 0.717) is 18.5 Å². The van der Waals surface area contributed by atoms with Gasteiger partial charge in [0.05, 0.1) is 0 Å². The fourth-order valence-corrected chi connectivity index (χ4v) is 3.60. The molecule has 0 atom stereocenters. The number of nitrogens with zero attached hydrogens (tertiary/aromatic N) is 1. The summed E-state index contributed by atoms with van der Waals surface area (Å²) in [6.07, 6.45) is 2.59. The van der Waals surface area contributed by atoms with Gasteiger partial charge in [-0.2, -0.15) is 0 Å². The van der Waals surface area contributed by atoms with Crippen molar-refractivity contribution in [1.82, 2.24) is 10.3 Å². The monoisotopic (exact) mass is 346 g/mol. The van der Waals surface area contributed by atoms with Gasteiger partial charge in [-0.3, -0.25) is 4.79 Å². The summed E-state index contributed by atoms with van der Waals surface area (Å²) in [7, 11) is 0. The first-order chi connectivity index (χ1) is 11.5. The number of rotatable bonds is 8. The molecule has 1 amide bonds. The number of benzene rings is 1. The van der Waals surface area contributed by atoms with Gasteiger partial charge < -0.3 is 10.4 Å². The van der Waals surface area contributed by atoms with Gasteiger partial charge in [0.25, 0.3) is 5.91 Å². The van der Waals surface area contributed by atoms with Gasteiger partial charge in [0.15, 0.2) is 0 Å². The van der Waals surface area contributed by atoms with Crippen LogP contribution in [0.1, 0.15) is 49.2 Å². The maximum atomic E-state index is 12.4. The molecule has 130 valence electrons. The van der Waals surface area contributed by atoms with E-state index in [1.807, 2.05) is 36.6 Å². The number of hydrogen-bond acceptors (Lipinski definition) is 4. The molecular formula is C19H26N2O2S. The van der Waals surface area contributed by atoms with Crippen LogP contribution in [0.3, 0.4) is 0 Å². The van der Waals surface area contributed by atoms with E-state index < -0.39 is 0 Å². The minimum atomic E-state index is -0.0684. The van der Waals surface area contributed by atoms with E-state index in [4.69, 9.17) is 0 Å². The van der Waals surface area contributed by atoms with Crippen molar-refractivity contribution in [2.45, 2.75) is 40.0 Å². The Balaban J connectivity index is 2.02. The average Bonchev–Trinajstić information content (AvgIpc) is 3.05. The summed E-state index contributed by atoms with van der Waals surface area (Å²) in [6.45, 7) is 6.93. The van der Waals surface area contributed by atoms with Crippen LogP contribution in [-0.2, 0) is 0 Å². The van der Waals surface area contributed by atoms with Crippen LogP contribution in [0.15, 0.2) is 29.6 Å². The Hall–Kier alpha value is -1.72. The molecule has 1 aromatic heterocycles. The first-order valence-electron chi connectivity index (χ1n) is 8.45. The van der Waals surface area contributed by atoms with E-state index >= 15 is 0 Å². The summed E-state index contributed by atoms with van der Waals surface area (Å²) >= 11 is 1.61. The summed E-state index contributed by atoms with van der Waals surface area (Å²) in [5, 5.41) is 15.3. The number of hydrogen-bond donors (Lipinski definition) is 2. The Bertz CT molecular complexity index is 660. The van der Waals surface area contributed by atoms with Gasteiger partial charge in [0, 0.05) is 35.4 Å². The summed E-state index contributed by atoms with van der Waals surface area (Å²) < 4.78 is 0. The van der Waals surface area contributed by atoms with Gasteiger partial charge in [-0.25, -0.2) is 4.98 Å². The Morgan fingerprint density at radius 1 is 1.25 bits per heavy atom. The Morgan fingerprint density at radius 2 is 1.92 bits per heavy atom. The number of carbonyl (C=O) groups excluding carboxylic acids is 1. The van der Waals surface area contributed by atoms with Crippen LogP contribution >= 0.6 is 11.3 Å². The largest absolute Gasteiger partial charge is 0.396 e. The first-order valence-corrected chi connectivity index (χ1v) is 9.33. The van der Waals surface area contributed by atoms with Crippen molar-refractivity contribution < 1.29 is 9.90 Å². The van der Waals surface area contributed by atoms with Crippen molar-refractivity contribution in [2.75, 3.05) is 13.2 Å². The molecule has 0 saturated carbocycles. The van der Waals surface area contributed by atoms with Gasteiger partial charge in [-0.05, 0) is 43.7 Å². The maximum absolute atomic E-state index is 12.4. The number of thiazole rings is 1. The fraction of sp³-hybridized carbons (Fsp3) is 0.474. The van der Waals surface area contributed by atoms with E-state index in [9.17, 15) is 9.90 Å². The molecule has 1 aromatic carbocycles. The minimum absolute atomic E-state index is 0.0250. The molecule has 5 heteroatoms. The van der Waals surface area contributed by atoms with Gasteiger partial charge in [-0.1, -0.05) is 26.0 Å². The lowest BCUT2D eigenvalue weighted by molar-refractivity contribution is 0.0907. The van der Waals surface area contributed by atoms with Crippen molar-refractivity contribution >= 4 is 17.2 Å². The molecular weight excluding hydrogens is 320 g/mol. The van der Waals surface area contributed by atoms with Crippen LogP contribution < -0.4 is 5.32 Å². The molecule has 0 aliphatic rings. The average molecular weight is 346 g/mol. The smallest absolute Gasteiger partial charge is 0.251 e. The lowest BCUT2D eigenvalue weighted by atomic mass is 9.79. The second kappa shape index (κ2) is 8.40. The van der Waals surface area contributed by atoms with Crippen molar-refractivity contribution in [3.63, 3.8) is 0 Å². The highest BCUT2D eigenvalue weighted by molar-refractivity contribution is 7.13. The zero-order valence-corrected chi connectivity index (χ0v) is 15.4. The topological polar surface area (TPSA) is 62.2 Å². The number of carbonyl (C=O) groups is 1. The molecule has 0 bridgehead atoms. The maximum Gasteiger partial charge on any atom is 0.251 e. The molecule has 0 fully saturated rings. The zero-order chi connectivity index (χ0) is 17.6. The number of amides is 1. The molecule has 4 nitrogen and oxygen atoms in total. The van der Waals surface area contributed by atoms with Crippen LogP contribution in [0.5, 0.6) is 0 Å². The third-order valence-electron chi connectivity index (χ3n) is 4.78. The van der Waals surface area contributed by atoms with Gasteiger partial charge in [-0.15, -0.1) is 11.3 Å². The standard InChI is InChI=1S/C19H26N2O2S/c1-4-19(5-2,10-11-22)13-20-17(23)15-6-8-16(9-7-15)18-21-14(3)12-24-18/h6-9,12,22H,4-5,10-11,13H2,1-3H3,(H,20,23). The normalized spacial score (nSPS) is 11.5. The van der Waals surface area contributed by atoms with Crippen molar-refractivity contribution in [1.29, 1.82) is 0 Å². The summed E-state index contributed by atoms with van der Waals surface area (Å²) in [6, 6.07) is 7.56. The zero-order valence-electron chi connectivity index (χ0n) is 14.6. The van der Waals surface area contributed by atoms with Gasteiger partial charge >= 0.3 is 0 Å². The molecule has 0 saturated heterocycles. The van der Waals surface area contributed by atoms with E-state index in [2.05, 4.69) is 24.1 Å². The lowest BCUT2D eigenvalue weighted by Gasteiger charge is -2.31. The number of aromatic nitrogens is 1. The lowest BCUT2D eigenvalue weighted by Crippen LogP contribution is -2.37. The summed E-state index contributed by atoms with van der Waals surface area (Å²) in [4.78, 5) is 16.9. The number of nitrogens with one attached hydrogen (secondary N) is 1. The van der Waals surface area contributed by atoms with Crippen LogP contribution in [0.2, 0.25) is 0 Å². The van der Waals surface area contributed by atoms with Gasteiger partial charge in [0.1, 0.15) is 5.01 Å². The number of aryl methyl sites for hydroxylation is 1. The predicted molar refractivity (Wildman–Crippen MR) is 99.3 cm³/mol. The summed E-state index contributed by atoms with van der Waals surface area (Å²) in [5.41, 5.74) is 2.66. The minimum Gasteiger partial charge on any atom is -0.396 e. The molecule has 0 aliphatic carbocycles. The molecule has 0 spiro atoms. The van der Waals surface area contributed by atoms with Crippen molar-refractivity contribution in [3.8, 4) is 10.6 Å².